The number of methoxy groups -OCH3 is 1. The number of carbonyl (C=O) groups excluding carboxylic acids is 2. The number of hydrogen-bond acceptors (Lipinski definition) is 7. The molecule has 3 aliphatic rings. The molecule has 1 heterocycles. The molecule has 4 rings (SSSR count). The van der Waals surface area contributed by atoms with Crippen molar-refractivity contribution in [2.45, 2.75) is 77.1 Å². The van der Waals surface area contributed by atoms with Gasteiger partial charge in [0.25, 0.3) is 0 Å². The highest BCUT2D eigenvalue weighted by Crippen LogP contribution is 2.67. The maximum Gasteiger partial charge on any atom is 0.313 e. The zero-order valence-corrected chi connectivity index (χ0v) is 18.3. The Morgan fingerprint density at radius 2 is 1.97 bits per heavy atom. The van der Waals surface area contributed by atoms with Crippen LogP contribution in [0.2, 0.25) is 0 Å². The zero-order valence-electron chi connectivity index (χ0n) is 18.3. The number of fused-ring (bicyclic) bond motifs is 4. The van der Waals surface area contributed by atoms with Crippen molar-refractivity contribution in [1.29, 1.82) is 0 Å². The van der Waals surface area contributed by atoms with Crippen LogP contribution in [-0.2, 0) is 25.5 Å². The largest absolute Gasteiger partial charge is 0.469 e. The molecule has 7 heteroatoms. The molecule has 0 aliphatic heterocycles. The highest BCUT2D eigenvalue weighted by atomic mass is 16.5. The summed E-state index contributed by atoms with van der Waals surface area (Å²) in [5.41, 5.74) is -1.94. The molecule has 1 aromatic rings. The van der Waals surface area contributed by atoms with E-state index in [9.17, 15) is 19.8 Å². The summed E-state index contributed by atoms with van der Waals surface area (Å²) < 4.78 is 16.6. The Hall–Kier alpha value is -1.86. The van der Waals surface area contributed by atoms with E-state index in [2.05, 4.69) is 0 Å². The summed E-state index contributed by atoms with van der Waals surface area (Å²) in [5, 5.41) is 23.4. The standard InChI is InChI=1S/C23H32O7/c1-12(24)30-17-6-8-21(2,3)23(27)11-15(25)19-14(22(17,23)4)10-16-13(7-9-29-16)18(19)20(26)28-5/h7,9,14-15,17-19,25,27H,6,8,10-11H2,1-5H3/t14-,15-,17-,18+,19-,22-,23+/m1/s1. The first-order valence-electron chi connectivity index (χ1n) is 10.7. The van der Waals surface area contributed by atoms with E-state index in [0.29, 0.717) is 25.0 Å². The third kappa shape index (κ3) is 2.64. The van der Waals surface area contributed by atoms with Crippen LogP contribution in [0.15, 0.2) is 16.7 Å². The molecule has 0 aromatic carbocycles. The van der Waals surface area contributed by atoms with E-state index >= 15 is 0 Å². The topological polar surface area (TPSA) is 106 Å². The van der Waals surface area contributed by atoms with Gasteiger partial charge in [0, 0.05) is 36.7 Å². The molecule has 0 amide bonds. The molecule has 0 spiro atoms. The number of hydrogen-bond donors (Lipinski definition) is 2. The maximum absolute atomic E-state index is 12.8. The maximum atomic E-state index is 12.8. The third-order valence-electron chi connectivity index (χ3n) is 8.56. The monoisotopic (exact) mass is 420 g/mol. The minimum absolute atomic E-state index is 0.107. The molecule has 166 valence electrons. The Bertz CT molecular complexity index is 857. The molecule has 7 nitrogen and oxygen atoms in total. The molecule has 0 unspecified atom stereocenters. The molecule has 0 radical (unpaired) electrons. The summed E-state index contributed by atoms with van der Waals surface area (Å²) in [6.07, 6.45) is 1.94. The normalized spacial score (nSPS) is 41.8. The molecule has 2 fully saturated rings. The van der Waals surface area contributed by atoms with Crippen molar-refractivity contribution in [2.75, 3.05) is 7.11 Å². The van der Waals surface area contributed by atoms with Crippen molar-refractivity contribution in [1.82, 2.24) is 0 Å². The molecule has 1 aromatic heterocycles. The molecule has 30 heavy (non-hydrogen) atoms. The minimum Gasteiger partial charge on any atom is -0.469 e. The fourth-order valence-corrected chi connectivity index (χ4v) is 6.94. The lowest BCUT2D eigenvalue weighted by Crippen LogP contribution is -2.74. The van der Waals surface area contributed by atoms with Crippen molar-refractivity contribution in [3.05, 3.63) is 23.7 Å². The lowest BCUT2D eigenvalue weighted by atomic mass is 9.40. The van der Waals surface area contributed by atoms with E-state index in [1.165, 1.54) is 14.0 Å². The van der Waals surface area contributed by atoms with Gasteiger partial charge in [-0.15, -0.1) is 0 Å². The molecule has 0 bridgehead atoms. The Labute approximate surface area is 176 Å². The number of aliphatic hydroxyl groups is 2. The Morgan fingerprint density at radius 3 is 2.60 bits per heavy atom. The number of carbonyl (C=O) groups is 2. The Morgan fingerprint density at radius 1 is 1.27 bits per heavy atom. The molecule has 3 aliphatic carbocycles. The van der Waals surface area contributed by atoms with Gasteiger partial charge in [-0.1, -0.05) is 20.8 Å². The summed E-state index contributed by atoms with van der Waals surface area (Å²) in [5.74, 6) is -1.67. The molecule has 7 atom stereocenters. The first-order chi connectivity index (χ1) is 14.0. The zero-order chi connectivity index (χ0) is 22.1. The summed E-state index contributed by atoms with van der Waals surface area (Å²) in [7, 11) is 1.34. The van der Waals surface area contributed by atoms with Crippen LogP contribution < -0.4 is 0 Å². The van der Waals surface area contributed by atoms with E-state index < -0.39 is 52.4 Å². The molecular weight excluding hydrogens is 388 g/mol. The van der Waals surface area contributed by atoms with E-state index in [1.54, 1.807) is 12.3 Å². The quantitative estimate of drug-likeness (QED) is 0.708. The van der Waals surface area contributed by atoms with E-state index in [4.69, 9.17) is 13.9 Å². The summed E-state index contributed by atoms with van der Waals surface area (Å²) >= 11 is 0. The van der Waals surface area contributed by atoms with E-state index in [1.807, 2.05) is 20.8 Å². The predicted molar refractivity (Wildman–Crippen MR) is 106 cm³/mol. The number of ether oxygens (including phenoxy) is 2. The van der Waals surface area contributed by atoms with Crippen LogP contribution in [0.1, 0.15) is 64.2 Å². The van der Waals surface area contributed by atoms with Gasteiger partial charge in [-0.25, -0.2) is 0 Å². The van der Waals surface area contributed by atoms with Crippen molar-refractivity contribution >= 4 is 11.9 Å². The van der Waals surface area contributed by atoms with Crippen molar-refractivity contribution in [2.24, 2.45) is 22.7 Å². The second-order valence-electron chi connectivity index (χ2n) is 10.1. The van der Waals surface area contributed by atoms with Crippen LogP contribution in [0.25, 0.3) is 0 Å². The number of esters is 2. The fourth-order valence-electron chi connectivity index (χ4n) is 6.94. The number of rotatable bonds is 2. The van der Waals surface area contributed by atoms with Gasteiger partial charge in [-0.2, -0.15) is 0 Å². The van der Waals surface area contributed by atoms with Crippen LogP contribution in [0.4, 0.5) is 0 Å². The molecule has 2 saturated carbocycles. The molecule has 0 saturated heterocycles. The molecule has 2 N–H and O–H groups in total. The van der Waals surface area contributed by atoms with Gasteiger partial charge in [0.1, 0.15) is 11.9 Å². The summed E-state index contributed by atoms with van der Waals surface area (Å²) in [6.45, 7) is 7.33. The Balaban J connectivity index is 1.91. The van der Waals surface area contributed by atoms with E-state index in [0.717, 1.165) is 5.56 Å². The first-order valence-corrected chi connectivity index (χ1v) is 10.7. The van der Waals surface area contributed by atoms with Gasteiger partial charge < -0.3 is 24.1 Å². The second kappa shape index (κ2) is 6.82. The summed E-state index contributed by atoms with van der Waals surface area (Å²) in [6, 6.07) is 1.76. The van der Waals surface area contributed by atoms with Crippen LogP contribution in [0.5, 0.6) is 0 Å². The van der Waals surface area contributed by atoms with Gasteiger partial charge in [-0.05, 0) is 30.2 Å². The smallest absolute Gasteiger partial charge is 0.313 e. The van der Waals surface area contributed by atoms with Crippen LogP contribution in [0.3, 0.4) is 0 Å². The van der Waals surface area contributed by atoms with Crippen LogP contribution in [-0.4, -0.2) is 47.1 Å². The Kier molecular flexibility index (Phi) is 4.86. The minimum atomic E-state index is -1.29. The third-order valence-corrected chi connectivity index (χ3v) is 8.56. The van der Waals surface area contributed by atoms with Gasteiger partial charge in [0.15, 0.2) is 0 Å². The van der Waals surface area contributed by atoms with E-state index in [-0.39, 0.29) is 12.3 Å². The number of aliphatic hydroxyl groups excluding tert-OH is 1. The van der Waals surface area contributed by atoms with Gasteiger partial charge in [-0.3, -0.25) is 9.59 Å². The first kappa shape index (κ1) is 21.4. The van der Waals surface area contributed by atoms with Crippen molar-refractivity contribution in [3.63, 3.8) is 0 Å². The second-order valence-corrected chi connectivity index (χ2v) is 10.1. The highest BCUT2D eigenvalue weighted by molar-refractivity contribution is 5.79. The highest BCUT2D eigenvalue weighted by Gasteiger charge is 2.72. The van der Waals surface area contributed by atoms with Gasteiger partial charge >= 0.3 is 11.9 Å². The predicted octanol–water partition coefficient (Wildman–Crippen LogP) is 2.58. The lowest BCUT2D eigenvalue weighted by molar-refractivity contribution is -0.296. The van der Waals surface area contributed by atoms with Gasteiger partial charge in [0.2, 0.25) is 0 Å². The van der Waals surface area contributed by atoms with Crippen LogP contribution in [0, 0.1) is 22.7 Å². The average Bonchev–Trinajstić information content (AvgIpc) is 3.14. The van der Waals surface area contributed by atoms with Crippen LogP contribution >= 0.6 is 0 Å². The SMILES string of the molecule is COC(=O)[C@H]1c2ccoc2C[C@@H]2[C@@H]1[C@H](O)C[C@]1(O)C(C)(C)CC[C@@H](OC(C)=O)[C@@]21C. The van der Waals surface area contributed by atoms with Crippen molar-refractivity contribution in [3.8, 4) is 0 Å². The molecular formula is C23H32O7. The summed E-state index contributed by atoms with van der Waals surface area (Å²) in [4.78, 5) is 24.8. The fraction of sp³-hybridized carbons (Fsp3) is 0.739. The van der Waals surface area contributed by atoms with Gasteiger partial charge in [0.05, 0.1) is 31.0 Å². The average molecular weight is 421 g/mol. The number of furan rings is 1. The van der Waals surface area contributed by atoms with Crippen molar-refractivity contribution < 1.29 is 33.7 Å². The lowest BCUT2D eigenvalue weighted by Gasteiger charge is -2.68.